The first-order valence-electron chi connectivity index (χ1n) is 5.44. The first-order valence-corrected chi connectivity index (χ1v) is 5.44. The summed E-state index contributed by atoms with van der Waals surface area (Å²) in [6.45, 7) is 2.16. The molecule has 3 nitrogen and oxygen atoms in total. The van der Waals surface area contributed by atoms with E-state index in [2.05, 4.69) is 12.2 Å². The number of fused-ring (bicyclic) bond motifs is 1. The van der Waals surface area contributed by atoms with E-state index in [1.807, 2.05) is 31.3 Å². The number of likely N-dealkylation sites (N-methyl/N-ethyl adjacent to an activating group) is 1. The van der Waals surface area contributed by atoms with Gasteiger partial charge in [0, 0.05) is 0 Å². The molecule has 1 aliphatic heterocycles. The number of rotatable bonds is 4. The van der Waals surface area contributed by atoms with Gasteiger partial charge >= 0.3 is 0 Å². The van der Waals surface area contributed by atoms with Crippen LogP contribution in [0.5, 0.6) is 11.5 Å². The maximum atomic E-state index is 5.73. The van der Waals surface area contributed by atoms with Gasteiger partial charge in [0.05, 0.1) is 6.04 Å². The Bertz CT molecular complexity index is 302. The molecule has 0 saturated heterocycles. The van der Waals surface area contributed by atoms with Crippen LogP contribution >= 0.6 is 0 Å². The maximum Gasteiger partial charge on any atom is 0.256 e. The summed E-state index contributed by atoms with van der Waals surface area (Å²) < 4.78 is 11.5. The third-order valence-corrected chi connectivity index (χ3v) is 2.63. The third kappa shape index (κ3) is 2.07. The lowest BCUT2D eigenvalue weighted by molar-refractivity contribution is 0.0137. The zero-order chi connectivity index (χ0) is 10.7. The Balaban J connectivity index is 2.05. The summed E-state index contributed by atoms with van der Waals surface area (Å²) in [5, 5.41) is 3.23. The minimum atomic E-state index is -0.188. The van der Waals surface area contributed by atoms with Gasteiger partial charge < -0.3 is 14.8 Å². The largest absolute Gasteiger partial charge is 0.449 e. The van der Waals surface area contributed by atoms with E-state index in [0.717, 1.165) is 24.3 Å². The molecule has 0 saturated carbocycles. The third-order valence-electron chi connectivity index (χ3n) is 2.63. The highest BCUT2D eigenvalue weighted by Crippen LogP contribution is 2.35. The Morgan fingerprint density at radius 3 is 2.33 bits per heavy atom. The average molecular weight is 207 g/mol. The van der Waals surface area contributed by atoms with Crippen molar-refractivity contribution in [1.82, 2.24) is 5.32 Å². The van der Waals surface area contributed by atoms with Crippen LogP contribution in [-0.4, -0.2) is 19.4 Å². The van der Waals surface area contributed by atoms with E-state index in [4.69, 9.17) is 9.47 Å². The van der Waals surface area contributed by atoms with E-state index in [0.29, 0.717) is 0 Å². The van der Waals surface area contributed by atoms with Crippen molar-refractivity contribution in [2.45, 2.75) is 32.1 Å². The van der Waals surface area contributed by atoms with Gasteiger partial charge in [-0.25, -0.2) is 0 Å². The van der Waals surface area contributed by atoms with Gasteiger partial charge in [0.2, 0.25) is 0 Å². The van der Waals surface area contributed by atoms with Crippen LogP contribution in [0.2, 0.25) is 0 Å². The minimum Gasteiger partial charge on any atom is -0.449 e. The molecule has 0 spiro atoms. The SMILES string of the molecule is CCC[C@H](NC)C1Oc2ccccc2O1. The maximum absolute atomic E-state index is 5.73. The molecule has 1 atom stereocenters. The van der Waals surface area contributed by atoms with Crippen LogP contribution in [0.1, 0.15) is 19.8 Å². The number of hydrogen-bond donors (Lipinski definition) is 1. The predicted octanol–water partition coefficient (Wildman–Crippen LogP) is 2.17. The van der Waals surface area contributed by atoms with Crippen molar-refractivity contribution in [2.24, 2.45) is 0 Å². The Labute approximate surface area is 90.4 Å². The van der Waals surface area contributed by atoms with Crippen LogP contribution in [0.3, 0.4) is 0 Å². The highest BCUT2D eigenvalue weighted by molar-refractivity contribution is 5.41. The Morgan fingerprint density at radius 2 is 1.87 bits per heavy atom. The molecule has 0 fully saturated rings. The molecule has 1 heterocycles. The van der Waals surface area contributed by atoms with Gasteiger partial charge in [-0.3, -0.25) is 0 Å². The summed E-state index contributed by atoms with van der Waals surface area (Å²) in [6.07, 6.45) is 1.98. The second kappa shape index (κ2) is 4.53. The molecule has 1 aliphatic rings. The van der Waals surface area contributed by atoms with Crippen molar-refractivity contribution in [1.29, 1.82) is 0 Å². The van der Waals surface area contributed by atoms with Crippen LogP contribution in [0, 0.1) is 0 Å². The van der Waals surface area contributed by atoms with Crippen LogP contribution in [0.15, 0.2) is 24.3 Å². The van der Waals surface area contributed by atoms with Crippen molar-refractivity contribution in [2.75, 3.05) is 7.05 Å². The molecule has 0 unspecified atom stereocenters. The number of nitrogens with one attached hydrogen (secondary N) is 1. The highest BCUT2D eigenvalue weighted by Gasteiger charge is 2.30. The molecule has 0 aromatic heterocycles. The molecule has 1 N–H and O–H groups in total. The summed E-state index contributed by atoms with van der Waals surface area (Å²) in [5.41, 5.74) is 0. The fraction of sp³-hybridized carbons (Fsp3) is 0.500. The fourth-order valence-electron chi connectivity index (χ4n) is 1.81. The lowest BCUT2D eigenvalue weighted by atomic mass is 10.1. The van der Waals surface area contributed by atoms with Crippen molar-refractivity contribution in [3.63, 3.8) is 0 Å². The van der Waals surface area contributed by atoms with Gasteiger partial charge in [0.25, 0.3) is 6.29 Å². The predicted molar refractivity (Wildman–Crippen MR) is 59.2 cm³/mol. The van der Waals surface area contributed by atoms with E-state index < -0.39 is 0 Å². The first kappa shape index (κ1) is 10.3. The van der Waals surface area contributed by atoms with E-state index in [1.165, 1.54) is 0 Å². The van der Waals surface area contributed by atoms with Crippen molar-refractivity contribution < 1.29 is 9.47 Å². The zero-order valence-corrected chi connectivity index (χ0v) is 9.19. The quantitative estimate of drug-likeness (QED) is 0.820. The van der Waals surface area contributed by atoms with Gasteiger partial charge in [-0.1, -0.05) is 25.5 Å². The molecule has 82 valence electrons. The molecule has 0 aliphatic carbocycles. The van der Waals surface area contributed by atoms with Gasteiger partial charge in [0.1, 0.15) is 0 Å². The number of para-hydroxylation sites is 2. The van der Waals surface area contributed by atoms with E-state index >= 15 is 0 Å². The average Bonchev–Trinajstić information content (AvgIpc) is 2.69. The lowest BCUT2D eigenvalue weighted by Gasteiger charge is -2.21. The number of hydrogen-bond acceptors (Lipinski definition) is 3. The van der Waals surface area contributed by atoms with Gasteiger partial charge in [-0.2, -0.15) is 0 Å². The second-order valence-electron chi connectivity index (χ2n) is 3.73. The molecule has 1 aromatic carbocycles. The number of ether oxygens (including phenoxy) is 2. The molecule has 0 amide bonds. The summed E-state index contributed by atoms with van der Waals surface area (Å²) in [5.74, 6) is 1.69. The first-order chi connectivity index (χ1) is 7.35. The molecular weight excluding hydrogens is 190 g/mol. The van der Waals surface area contributed by atoms with Crippen LogP contribution in [0.4, 0.5) is 0 Å². The second-order valence-corrected chi connectivity index (χ2v) is 3.73. The Kier molecular flexibility index (Phi) is 3.11. The van der Waals surface area contributed by atoms with Gasteiger partial charge in [0.15, 0.2) is 11.5 Å². The van der Waals surface area contributed by atoms with Crippen LogP contribution < -0.4 is 14.8 Å². The van der Waals surface area contributed by atoms with Gasteiger partial charge in [-0.05, 0) is 25.6 Å². The molecule has 0 bridgehead atoms. The summed E-state index contributed by atoms with van der Waals surface area (Å²) >= 11 is 0. The lowest BCUT2D eigenvalue weighted by Crippen LogP contribution is -2.42. The van der Waals surface area contributed by atoms with E-state index in [-0.39, 0.29) is 12.3 Å². The normalized spacial score (nSPS) is 16.7. The van der Waals surface area contributed by atoms with Crippen LogP contribution in [0.25, 0.3) is 0 Å². The van der Waals surface area contributed by atoms with E-state index in [1.54, 1.807) is 0 Å². The summed E-state index contributed by atoms with van der Waals surface area (Å²) in [7, 11) is 1.94. The molecule has 1 aromatic rings. The topological polar surface area (TPSA) is 30.5 Å². The standard InChI is InChI=1S/C12H17NO2/c1-3-6-9(13-2)12-14-10-7-4-5-8-11(10)15-12/h4-5,7-9,12-13H,3,6H2,1-2H3/t9-/m0/s1. The Hall–Kier alpha value is -1.22. The smallest absolute Gasteiger partial charge is 0.256 e. The monoisotopic (exact) mass is 207 g/mol. The zero-order valence-electron chi connectivity index (χ0n) is 9.19. The summed E-state index contributed by atoms with van der Waals surface area (Å²) in [6, 6.07) is 8.04. The van der Waals surface area contributed by atoms with E-state index in [9.17, 15) is 0 Å². The number of benzene rings is 1. The molecular formula is C12H17NO2. The molecule has 15 heavy (non-hydrogen) atoms. The molecule has 2 rings (SSSR count). The highest BCUT2D eigenvalue weighted by atomic mass is 16.7. The fourth-order valence-corrected chi connectivity index (χ4v) is 1.81. The summed E-state index contributed by atoms with van der Waals surface area (Å²) in [4.78, 5) is 0. The molecule has 0 radical (unpaired) electrons. The van der Waals surface area contributed by atoms with Crippen molar-refractivity contribution >= 4 is 0 Å². The Morgan fingerprint density at radius 1 is 1.27 bits per heavy atom. The van der Waals surface area contributed by atoms with Crippen molar-refractivity contribution in [3.8, 4) is 11.5 Å². The van der Waals surface area contributed by atoms with Gasteiger partial charge in [-0.15, -0.1) is 0 Å². The van der Waals surface area contributed by atoms with Crippen LogP contribution in [-0.2, 0) is 0 Å². The minimum absolute atomic E-state index is 0.188. The molecule has 3 heteroatoms. The van der Waals surface area contributed by atoms with Crippen molar-refractivity contribution in [3.05, 3.63) is 24.3 Å².